The van der Waals surface area contributed by atoms with E-state index < -0.39 is 6.10 Å². The molecule has 0 amide bonds. The van der Waals surface area contributed by atoms with Gasteiger partial charge in [-0.15, -0.1) is 0 Å². The molecule has 0 aliphatic heterocycles. The lowest BCUT2D eigenvalue weighted by atomic mass is 10.0. The molecule has 0 heterocycles. The second-order valence-corrected chi connectivity index (χ2v) is 17.6. The van der Waals surface area contributed by atoms with Crippen LogP contribution in [0.3, 0.4) is 0 Å². The normalized spacial score (nSPS) is 12.7. The molecule has 0 aromatic heterocycles. The summed E-state index contributed by atoms with van der Waals surface area (Å²) < 4.78 is 16.8. The maximum atomic E-state index is 12.8. The topological polar surface area (TPSA) is 78.9 Å². The molecule has 0 N–H and O–H groups in total. The van der Waals surface area contributed by atoms with Gasteiger partial charge >= 0.3 is 17.9 Å². The Hall–Kier alpha value is -3.41. The van der Waals surface area contributed by atoms with Crippen molar-refractivity contribution in [2.24, 2.45) is 0 Å². The second kappa shape index (κ2) is 52.2. The molecule has 1 atom stereocenters. The highest BCUT2D eigenvalue weighted by molar-refractivity contribution is 5.71. The van der Waals surface area contributed by atoms with Crippen LogP contribution in [0.2, 0.25) is 0 Å². The molecule has 1 unspecified atom stereocenters. The van der Waals surface area contributed by atoms with Crippen LogP contribution in [-0.2, 0) is 28.6 Å². The first-order chi connectivity index (χ1) is 31.5. The quantitative estimate of drug-likeness (QED) is 0.0199. The van der Waals surface area contributed by atoms with Crippen molar-refractivity contribution in [3.05, 3.63) is 85.1 Å². The van der Waals surface area contributed by atoms with Crippen LogP contribution >= 0.6 is 0 Å². The van der Waals surface area contributed by atoms with Gasteiger partial charge in [-0.25, -0.2) is 0 Å². The number of hydrogen-bond acceptors (Lipinski definition) is 6. The molecular formula is C58H98O6. The lowest BCUT2D eigenvalue weighted by molar-refractivity contribution is -0.167. The summed E-state index contributed by atoms with van der Waals surface area (Å²) in [5.74, 6) is -0.938. The van der Waals surface area contributed by atoms with Crippen LogP contribution < -0.4 is 0 Å². The van der Waals surface area contributed by atoms with E-state index in [1.54, 1.807) is 0 Å². The van der Waals surface area contributed by atoms with Crippen LogP contribution in [0.25, 0.3) is 0 Å². The predicted molar refractivity (Wildman–Crippen MR) is 274 cm³/mol. The smallest absolute Gasteiger partial charge is 0.306 e. The zero-order valence-electron chi connectivity index (χ0n) is 41.8. The molecule has 6 nitrogen and oxygen atoms in total. The summed E-state index contributed by atoms with van der Waals surface area (Å²) in [5.41, 5.74) is 0. The van der Waals surface area contributed by atoms with Gasteiger partial charge in [0.1, 0.15) is 13.2 Å². The highest BCUT2D eigenvalue weighted by Crippen LogP contribution is 2.15. The molecule has 0 saturated heterocycles. The van der Waals surface area contributed by atoms with Crippen LogP contribution in [0.1, 0.15) is 245 Å². The average molecular weight is 891 g/mol. The molecule has 0 aromatic rings. The van der Waals surface area contributed by atoms with Crippen molar-refractivity contribution in [1.29, 1.82) is 0 Å². The summed E-state index contributed by atoms with van der Waals surface area (Å²) in [6.45, 7) is 6.45. The van der Waals surface area contributed by atoms with Crippen molar-refractivity contribution in [2.45, 2.75) is 252 Å². The summed E-state index contributed by atoms with van der Waals surface area (Å²) in [6.07, 6.45) is 67.0. The van der Waals surface area contributed by atoms with Gasteiger partial charge in [-0.05, 0) is 64.2 Å². The van der Waals surface area contributed by atoms with Gasteiger partial charge in [0, 0.05) is 19.3 Å². The van der Waals surface area contributed by atoms with Crippen LogP contribution in [-0.4, -0.2) is 37.2 Å². The molecular weight excluding hydrogens is 793 g/mol. The molecule has 0 aliphatic rings. The molecule has 6 heteroatoms. The number of ether oxygens (including phenoxy) is 3. The van der Waals surface area contributed by atoms with E-state index in [0.29, 0.717) is 19.3 Å². The van der Waals surface area contributed by atoms with E-state index in [2.05, 4.69) is 45.1 Å². The molecule has 0 fully saturated rings. The molecule has 64 heavy (non-hydrogen) atoms. The molecule has 0 aliphatic carbocycles. The Balaban J connectivity index is 4.48. The summed E-state index contributed by atoms with van der Waals surface area (Å²) >= 11 is 0. The van der Waals surface area contributed by atoms with Crippen molar-refractivity contribution in [1.82, 2.24) is 0 Å². The fourth-order valence-corrected chi connectivity index (χ4v) is 7.29. The summed E-state index contributed by atoms with van der Waals surface area (Å²) in [5, 5.41) is 0. The van der Waals surface area contributed by atoms with E-state index >= 15 is 0 Å². The van der Waals surface area contributed by atoms with Gasteiger partial charge < -0.3 is 14.2 Å². The van der Waals surface area contributed by atoms with Crippen LogP contribution in [0.5, 0.6) is 0 Å². The van der Waals surface area contributed by atoms with Crippen LogP contribution in [0.15, 0.2) is 85.1 Å². The van der Waals surface area contributed by atoms with E-state index in [4.69, 9.17) is 14.2 Å². The van der Waals surface area contributed by atoms with E-state index in [1.165, 1.54) is 135 Å². The maximum absolute atomic E-state index is 12.8. The van der Waals surface area contributed by atoms with Gasteiger partial charge in [0.2, 0.25) is 0 Å². The minimum absolute atomic E-state index is 0.0912. The average Bonchev–Trinajstić information content (AvgIpc) is 3.29. The van der Waals surface area contributed by atoms with Gasteiger partial charge in [0.25, 0.3) is 0 Å². The summed E-state index contributed by atoms with van der Waals surface area (Å²) in [4.78, 5) is 38.0. The number of carbonyl (C=O) groups excluding carboxylic acids is 3. The van der Waals surface area contributed by atoms with Crippen molar-refractivity contribution in [3.8, 4) is 0 Å². The number of allylic oxidation sites excluding steroid dienone is 14. The van der Waals surface area contributed by atoms with Crippen molar-refractivity contribution < 1.29 is 28.6 Å². The third-order valence-corrected chi connectivity index (χ3v) is 11.3. The van der Waals surface area contributed by atoms with Crippen molar-refractivity contribution in [2.75, 3.05) is 13.2 Å². The number of esters is 3. The Kier molecular flexibility index (Phi) is 49.4. The highest BCUT2D eigenvalue weighted by Gasteiger charge is 2.19. The van der Waals surface area contributed by atoms with Crippen LogP contribution in [0, 0.1) is 0 Å². The number of unbranched alkanes of at least 4 members (excludes halogenated alkanes) is 27. The first-order valence-corrected chi connectivity index (χ1v) is 26.7. The third kappa shape index (κ3) is 49.6. The molecule has 0 rings (SSSR count). The predicted octanol–water partition coefficient (Wildman–Crippen LogP) is 17.6. The summed E-state index contributed by atoms with van der Waals surface area (Å²) in [7, 11) is 0. The maximum Gasteiger partial charge on any atom is 0.306 e. The van der Waals surface area contributed by atoms with Gasteiger partial charge in [-0.3, -0.25) is 14.4 Å². The van der Waals surface area contributed by atoms with Crippen LogP contribution in [0.4, 0.5) is 0 Å². The Bertz CT molecular complexity index is 1250. The monoisotopic (exact) mass is 891 g/mol. The molecule has 0 spiro atoms. The third-order valence-electron chi connectivity index (χ3n) is 11.3. The first-order valence-electron chi connectivity index (χ1n) is 26.7. The Morgan fingerprint density at radius 1 is 0.328 bits per heavy atom. The van der Waals surface area contributed by atoms with E-state index in [0.717, 1.165) is 70.6 Å². The molecule has 0 bridgehead atoms. The lowest BCUT2D eigenvalue weighted by Crippen LogP contribution is -2.30. The first kappa shape index (κ1) is 60.6. The molecule has 0 aromatic carbocycles. The molecule has 0 saturated carbocycles. The van der Waals surface area contributed by atoms with Gasteiger partial charge in [-0.2, -0.15) is 0 Å². The lowest BCUT2D eigenvalue weighted by Gasteiger charge is -2.18. The highest BCUT2D eigenvalue weighted by atomic mass is 16.6. The second-order valence-electron chi connectivity index (χ2n) is 17.6. The molecule has 366 valence electrons. The van der Waals surface area contributed by atoms with Crippen molar-refractivity contribution >= 4 is 17.9 Å². The molecule has 0 radical (unpaired) electrons. The number of carbonyl (C=O) groups is 3. The van der Waals surface area contributed by atoms with E-state index in [1.807, 2.05) is 60.8 Å². The Morgan fingerprint density at radius 3 is 1.03 bits per heavy atom. The number of rotatable bonds is 47. The van der Waals surface area contributed by atoms with Gasteiger partial charge in [0.05, 0.1) is 0 Å². The minimum Gasteiger partial charge on any atom is -0.462 e. The standard InChI is InChI=1S/C58H98O6/c1-4-7-10-13-16-19-22-25-28-29-31-33-36-39-42-45-48-51-57(60)63-54-55(53-62-56(59)50-47-44-41-38-35-32-27-24-21-18-15-12-9-6-3)64-58(61)52-49-46-43-40-37-34-30-26-23-20-17-14-11-8-5-2/h7,10,13,16,19-20,22-23,25,28-29,31,33,36,55H,4-6,8-9,11-12,14-15,17-18,21,24,26-27,30,32,34-35,37-54H2,1-3H3/b10-7-,16-13-,22-19-,23-20-,28-25-,31-29+,36-33-. The van der Waals surface area contributed by atoms with Crippen molar-refractivity contribution in [3.63, 3.8) is 0 Å². The fraction of sp³-hybridized carbons (Fsp3) is 0.707. The van der Waals surface area contributed by atoms with E-state index in [-0.39, 0.29) is 31.1 Å². The summed E-state index contributed by atoms with van der Waals surface area (Å²) in [6, 6.07) is 0. The SMILES string of the molecule is CC\C=C/C=C\C=C/C=C\C=C\C=C/CCCCCC(=O)OCC(COC(=O)CCCCCCCCCCCCCCCC)OC(=O)CCCCCCCCC/C=C\CCCCCC. The van der Waals surface area contributed by atoms with E-state index in [9.17, 15) is 14.4 Å². The minimum atomic E-state index is -0.795. The zero-order valence-corrected chi connectivity index (χ0v) is 41.8. The van der Waals surface area contributed by atoms with Gasteiger partial charge in [0.15, 0.2) is 6.10 Å². The Morgan fingerprint density at radius 2 is 0.625 bits per heavy atom. The van der Waals surface area contributed by atoms with Gasteiger partial charge in [-0.1, -0.05) is 247 Å². The Labute approximate surface area is 395 Å². The fourth-order valence-electron chi connectivity index (χ4n) is 7.29. The number of hydrogen-bond donors (Lipinski definition) is 0. The largest absolute Gasteiger partial charge is 0.462 e. The zero-order chi connectivity index (χ0) is 46.5.